The molecule has 1 N–H and O–H groups in total. The van der Waals surface area contributed by atoms with Crippen molar-refractivity contribution in [1.29, 1.82) is 0 Å². The third kappa shape index (κ3) is 4.86. The van der Waals surface area contributed by atoms with Crippen LogP contribution in [0.2, 0.25) is 5.02 Å². The SMILES string of the molecule is Cc1ccc(Cn2c(=O)c(C(=O)NCC(C)C)nn(-c3cccc(Cl)c3)c2=O)cc1. The van der Waals surface area contributed by atoms with Crippen LogP contribution in [0.3, 0.4) is 0 Å². The molecule has 1 heterocycles. The van der Waals surface area contributed by atoms with Gasteiger partial charge in [-0.3, -0.25) is 14.2 Å². The maximum Gasteiger partial charge on any atom is 0.352 e. The van der Waals surface area contributed by atoms with Crippen LogP contribution < -0.4 is 16.6 Å². The molecule has 0 fully saturated rings. The maximum atomic E-state index is 13.1. The molecule has 2 aromatic carbocycles. The van der Waals surface area contributed by atoms with Gasteiger partial charge in [0.15, 0.2) is 0 Å². The Morgan fingerprint density at radius 1 is 1.13 bits per heavy atom. The van der Waals surface area contributed by atoms with Crippen molar-refractivity contribution in [2.75, 3.05) is 6.54 Å². The van der Waals surface area contributed by atoms with E-state index in [2.05, 4.69) is 10.4 Å². The third-order valence-electron chi connectivity index (χ3n) is 4.46. The number of benzene rings is 2. The number of halogens is 1. The van der Waals surface area contributed by atoms with Gasteiger partial charge in [0.25, 0.3) is 11.5 Å². The number of nitrogens with zero attached hydrogens (tertiary/aromatic N) is 3. The number of amides is 1. The number of hydrogen-bond donors (Lipinski definition) is 1. The number of carbonyl (C=O) groups excluding carboxylic acids is 1. The Balaban J connectivity index is 2.16. The van der Waals surface area contributed by atoms with Crippen molar-refractivity contribution < 1.29 is 4.79 Å². The zero-order valence-corrected chi connectivity index (χ0v) is 17.8. The van der Waals surface area contributed by atoms with Gasteiger partial charge in [0.1, 0.15) is 0 Å². The summed E-state index contributed by atoms with van der Waals surface area (Å²) in [5.41, 5.74) is 0.455. The molecule has 1 aromatic heterocycles. The van der Waals surface area contributed by atoms with Gasteiger partial charge in [-0.1, -0.05) is 61.3 Å². The average molecular weight is 427 g/mol. The van der Waals surface area contributed by atoms with Gasteiger partial charge in [0, 0.05) is 11.6 Å². The molecule has 0 atom stereocenters. The van der Waals surface area contributed by atoms with E-state index in [1.165, 1.54) is 0 Å². The molecular weight excluding hydrogens is 404 g/mol. The molecule has 3 aromatic rings. The van der Waals surface area contributed by atoms with Gasteiger partial charge in [0.2, 0.25) is 5.69 Å². The van der Waals surface area contributed by atoms with Crippen LogP contribution in [0.1, 0.15) is 35.5 Å². The highest BCUT2D eigenvalue weighted by molar-refractivity contribution is 6.30. The Kier molecular flexibility index (Phi) is 6.52. The number of hydrogen-bond acceptors (Lipinski definition) is 4. The van der Waals surface area contributed by atoms with Crippen LogP contribution in [0.4, 0.5) is 0 Å². The highest BCUT2D eigenvalue weighted by Crippen LogP contribution is 2.12. The van der Waals surface area contributed by atoms with E-state index in [9.17, 15) is 14.4 Å². The molecule has 0 unspecified atom stereocenters. The Labute approximate surface area is 178 Å². The second kappa shape index (κ2) is 9.09. The standard InChI is InChI=1S/C22H23ClN4O3/c1-14(2)12-24-20(28)19-21(29)26(13-16-9-7-15(3)8-10-16)22(30)27(25-19)18-6-4-5-17(23)11-18/h4-11,14H,12-13H2,1-3H3,(H,24,28). The van der Waals surface area contributed by atoms with E-state index >= 15 is 0 Å². The molecule has 0 radical (unpaired) electrons. The molecule has 30 heavy (non-hydrogen) atoms. The van der Waals surface area contributed by atoms with Crippen molar-refractivity contribution in [1.82, 2.24) is 19.7 Å². The van der Waals surface area contributed by atoms with E-state index in [-0.39, 0.29) is 18.2 Å². The Bertz CT molecular complexity index is 1180. The first-order chi connectivity index (χ1) is 14.3. The first-order valence-corrected chi connectivity index (χ1v) is 9.98. The summed E-state index contributed by atoms with van der Waals surface area (Å²) >= 11 is 6.06. The lowest BCUT2D eigenvalue weighted by molar-refractivity contribution is 0.0939. The minimum atomic E-state index is -0.736. The van der Waals surface area contributed by atoms with Crippen molar-refractivity contribution in [3.8, 4) is 5.69 Å². The first kappa shape index (κ1) is 21.5. The molecule has 0 aliphatic carbocycles. The summed E-state index contributed by atoms with van der Waals surface area (Å²) in [5.74, 6) is -0.426. The van der Waals surface area contributed by atoms with Crippen LogP contribution in [-0.2, 0) is 6.54 Å². The fraction of sp³-hybridized carbons (Fsp3) is 0.273. The number of carbonyl (C=O) groups is 1. The van der Waals surface area contributed by atoms with Crippen LogP contribution >= 0.6 is 11.6 Å². The van der Waals surface area contributed by atoms with Crippen molar-refractivity contribution in [2.45, 2.75) is 27.3 Å². The van der Waals surface area contributed by atoms with Gasteiger partial charge < -0.3 is 5.32 Å². The van der Waals surface area contributed by atoms with Gasteiger partial charge in [-0.2, -0.15) is 9.78 Å². The predicted octanol–water partition coefficient (Wildman–Crippen LogP) is 2.79. The topological polar surface area (TPSA) is 86.0 Å². The summed E-state index contributed by atoms with van der Waals surface area (Å²) in [4.78, 5) is 38.8. The first-order valence-electron chi connectivity index (χ1n) is 9.60. The van der Waals surface area contributed by atoms with E-state index in [0.717, 1.165) is 20.4 Å². The molecular formula is C22H23ClN4O3. The van der Waals surface area contributed by atoms with Crippen LogP contribution in [-0.4, -0.2) is 26.8 Å². The summed E-state index contributed by atoms with van der Waals surface area (Å²) in [6.45, 7) is 6.23. The molecule has 0 bridgehead atoms. The van der Waals surface area contributed by atoms with Crippen molar-refractivity contribution >= 4 is 17.5 Å². The Morgan fingerprint density at radius 3 is 2.47 bits per heavy atom. The molecule has 1 amide bonds. The second-order valence-electron chi connectivity index (χ2n) is 7.50. The van der Waals surface area contributed by atoms with E-state index in [4.69, 9.17) is 11.6 Å². The lowest BCUT2D eigenvalue weighted by Gasteiger charge is -2.13. The molecule has 8 heteroatoms. The molecule has 7 nitrogen and oxygen atoms in total. The number of aromatic nitrogens is 3. The van der Waals surface area contributed by atoms with Crippen molar-refractivity contribution in [2.24, 2.45) is 5.92 Å². The van der Waals surface area contributed by atoms with Gasteiger partial charge in [-0.25, -0.2) is 4.79 Å². The van der Waals surface area contributed by atoms with Crippen LogP contribution in [0.25, 0.3) is 5.69 Å². The van der Waals surface area contributed by atoms with Gasteiger partial charge in [-0.05, 0) is 36.6 Å². The smallest absolute Gasteiger partial charge is 0.350 e. The number of rotatable bonds is 6. The fourth-order valence-corrected chi connectivity index (χ4v) is 3.01. The largest absolute Gasteiger partial charge is 0.352 e. The van der Waals surface area contributed by atoms with E-state index in [0.29, 0.717) is 17.3 Å². The molecule has 0 saturated heterocycles. The zero-order chi connectivity index (χ0) is 21.8. The highest BCUT2D eigenvalue weighted by Gasteiger charge is 2.20. The summed E-state index contributed by atoms with van der Waals surface area (Å²) < 4.78 is 2.05. The van der Waals surface area contributed by atoms with Crippen LogP contribution in [0, 0.1) is 12.8 Å². The summed E-state index contributed by atoms with van der Waals surface area (Å²) in [6.07, 6.45) is 0. The normalized spacial score (nSPS) is 11.0. The van der Waals surface area contributed by atoms with Gasteiger partial charge in [-0.15, -0.1) is 0 Å². The van der Waals surface area contributed by atoms with E-state index in [1.807, 2.05) is 45.0 Å². The summed E-state index contributed by atoms with van der Waals surface area (Å²) in [6, 6.07) is 14.0. The van der Waals surface area contributed by atoms with Gasteiger partial charge >= 0.3 is 5.69 Å². The van der Waals surface area contributed by atoms with Crippen molar-refractivity contribution in [3.05, 3.63) is 91.2 Å². The average Bonchev–Trinajstić information content (AvgIpc) is 2.71. The second-order valence-corrected chi connectivity index (χ2v) is 7.94. The molecule has 0 saturated carbocycles. The minimum Gasteiger partial charge on any atom is -0.350 e. The minimum absolute atomic E-state index is 0.0193. The fourth-order valence-electron chi connectivity index (χ4n) is 2.83. The quantitative estimate of drug-likeness (QED) is 0.656. The highest BCUT2D eigenvalue weighted by atomic mass is 35.5. The third-order valence-corrected chi connectivity index (χ3v) is 4.69. The summed E-state index contributed by atoms with van der Waals surface area (Å²) in [7, 11) is 0. The number of nitrogens with one attached hydrogen (secondary N) is 1. The predicted molar refractivity (Wildman–Crippen MR) is 117 cm³/mol. The Morgan fingerprint density at radius 2 is 1.83 bits per heavy atom. The van der Waals surface area contributed by atoms with Gasteiger partial charge in [0.05, 0.1) is 12.2 Å². The maximum absolute atomic E-state index is 13.1. The molecule has 3 rings (SSSR count). The molecule has 0 aliphatic rings. The lowest BCUT2D eigenvalue weighted by Crippen LogP contribution is -2.46. The zero-order valence-electron chi connectivity index (χ0n) is 17.1. The van der Waals surface area contributed by atoms with E-state index < -0.39 is 17.2 Å². The Hall–Kier alpha value is -3.19. The van der Waals surface area contributed by atoms with Crippen molar-refractivity contribution in [3.63, 3.8) is 0 Å². The molecule has 0 spiro atoms. The molecule has 0 aliphatic heterocycles. The lowest BCUT2D eigenvalue weighted by atomic mass is 10.1. The monoisotopic (exact) mass is 426 g/mol. The molecule has 156 valence electrons. The number of aryl methyl sites for hydroxylation is 1. The summed E-state index contributed by atoms with van der Waals surface area (Å²) in [5, 5.41) is 7.17. The van der Waals surface area contributed by atoms with Crippen LogP contribution in [0.5, 0.6) is 0 Å². The van der Waals surface area contributed by atoms with Crippen LogP contribution in [0.15, 0.2) is 58.1 Å². The van der Waals surface area contributed by atoms with E-state index in [1.54, 1.807) is 24.3 Å².